The Kier molecular flexibility index (Phi) is 5.27. The molecular formula is C17H22Cl2N2O. The van der Waals surface area contributed by atoms with Crippen molar-refractivity contribution >= 4 is 29.1 Å². The molecule has 0 aromatic heterocycles. The maximum atomic E-state index is 12.4. The third-order valence-corrected chi connectivity index (χ3v) is 5.46. The number of nitrogens with zero attached hydrogens (tertiary/aromatic N) is 1. The Morgan fingerprint density at radius 3 is 2.68 bits per heavy atom. The zero-order valence-corrected chi connectivity index (χ0v) is 14.2. The predicted octanol–water partition coefficient (Wildman–Crippen LogP) is 3.38. The van der Waals surface area contributed by atoms with Crippen molar-refractivity contribution < 1.29 is 4.79 Å². The van der Waals surface area contributed by atoms with Gasteiger partial charge < -0.3 is 10.2 Å². The summed E-state index contributed by atoms with van der Waals surface area (Å²) in [7, 11) is 0. The van der Waals surface area contributed by atoms with Gasteiger partial charge in [0.05, 0.1) is 5.92 Å². The normalized spacial score (nSPS) is 23.0. The van der Waals surface area contributed by atoms with Crippen molar-refractivity contribution in [1.29, 1.82) is 0 Å². The maximum Gasteiger partial charge on any atom is 0.227 e. The lowest BCUT2D eigenvalue weighted by atomic mass is 9.89. The molecule has 3 nitrogen and oxygen atoms in total. The van der Waals surface area contributed by atoms with E-state index >= 15 is 0 Å². The number of carbonyl (C=O) groups excluding carboxylic acids is 1. The van der Waals surface area contributed by atoms with Crippen LogP contribution < -0.4 is 5.32 Å². The second-order valence-corrected chi connectivity index (χ2v) is 7.24. The molecule has 120 valence electrons. The van der Waals surface area contributed by atoms with E-state index in [9.17, 15) is 4.79 Å². The third-order valence-electron chi connectivity index (χ3n) is 4.85. The van der Waals surface area contributed by atoms with E-state index in [1.54, 1.807) is 0 Å². The van der Waals surface area contributed by atoms with Gasteiger partial charge in [0.25, 0.3) is 0 Å². The Bertz CT molecular complexity index is 535. The zero-order valence-electron chi connectivity index (χ0n) is 12.7. The van der Waals surface area contributed by atoms with Gasteiger partial charge in [0.1, 0.15) is 0 Å². The van der Waals surface area contributed by atoms with Crippen LogP contribution in [0.3, 0.4) is 0 Å². The van der Waals surface area contributed by atoms with Crippen LogP contribution in [-0.2, 0) is 11.2 Å². The van der Waals surface area contributed by atoms with Crippen molar-refractivity contribution in [3.8, 4) is 0 Å². The molecule has 0 bridgehead atoms. The largest absolute Gasteiger partial charge is 0.342 e. The van der Waals surface area contributed by atoms with Gasteiger partial charge in [-0.1, -0.05) is 23.2 Å². The van der Waals surface area contributed by atoms with Gasteiger partial charge in [-0.15, -0.1) is 0 Å². The molecule has 1 atom stereocenters. The number of carbonyl (C=O) groups is 1. The number of hydrogen-bond acceptors (Lipinski definition) is 2. The predicted molar refractivity (Wildman–Crippen MR) is 90.4 cm³/mol. The van der Waals surface area contributed by atoms with Gasteiger partial charge >= 0.3 is 0 Å². The van der Waals surface area contributed by atoms with Crippen LogP contribution in [-0.4, -0.2) is 37.0 Å². The number of likely N-dealkylation sites (tertiary alicyclic amines) is 1. The van der Waals surface area contributed by atoms with Crippen LogP contribution in [0.15, 0.2) is 18.2 Å². The molecule has 3 rings (SSSR count). The molecule has 1 amide bonds. The molecule has 5 heteroatoms. The smallest absolute Gasteiger partial charge is 0.227 e. The first kappa shape index (κ1) is 16.1. The van der Waals surface area contributed by atoms with Gasteiger partial charge in [-0.2, -0.15) is 0 Å². The highest BCUT2D eigenvalue weighted by Gasteiger charge is 2.30. The highest BCUT2D eigenvalue weighted by molar-refractivity contribution is 6.33. The lowest BCUT2D eigenvalue weighted by Crippen LogP contribution is -2.42. The summed E-state index contributed by atoms with van der Waals surface area (Å²) in [5, 5.41) is 4.80. The molecule has 2 fully saturated rings. The van der Waals surface area contributed by atoms with E-state index in [1.165, 1.54) is 0 Å². The summed E-state index contributed by atoms with van der Waals surface area (Å²) in [5.41, 5.74) is 1.12. The summed E-state index contributed by atoms with van der Waals surface area (Å²) in [6, 6.07) is 5.65. The van der Waals surface area contributed by atoms with Crippen LogP contribution in [0.4, 0.5) is 0 Å². The average molecular weight is 341 g/mol. The molecule has 1 unspecified atom stereocenters. The summed E-state index contributed by atoms with van der Waals surface area (Å²) in [5.74, 6) is 1.12. The highest BCUT2D eigenvalue weighted by Crippen LogP contribution is 2.28. The van der Waals surface area contributed by atoms with Crippen LogP contribution in [0.5, 0.6) is 0 Å². The molecule has 0 aliphatic carbocycles. The van der Waals surface area contributed by atoms with Crippen LogP contribution >= 0.6 is 23.2 Å². The van der Waals surface area contributed by atoms with E-state index in [1.807, 2.05) is 23.1 Å². The summed E-state index contributed by atoms with van der Waals surface area (Å²) < 4.78 is 0. The van der Waals surface area contributed by atoms with Crippen molar-refractivity contribution in [2.45, 2.75) is 25.7 Å². The number of piperidine rings is 1. The molecule has 2 saturated heterocycles. The lowest BCUT2D eigenvalue weighted by molar-refractivity contribution is -0.136. The van der Waals surface area contributed by atoms with Crippen LogP contribution in [0, 0.1) is 11.8 Å². The number of hydrogen-bond donors (Lipinski definition) is 1. The van der Waals surface area contributed by atoms with E-state index in [4.69, 9.17) is 23.2 Å². The van der Waals surface area contributed by atoms with Gasteiger partial charge in [-0.3, -0.25) is 4.79 Å². The molecular weight excluding hydrogens is 319 g/mol. The Balaban J connectivity index is 1.53. The maximum absolute atomic E-state index is 12.4. The Morgan fingerprint density at radius 2 is 2.00 bits per heavy atom. The Hall–Kier alpha value is -0.770. The minimum absolute atomic E-state index is 0.193. The number of nitrogens with one attached hydrogen (secondary N) is 1. The lowest BCUT2D eigenvalue weighted by Gasteiger charge is -2.33. The minimum Gasteiger partial charge on any atom is -0.342 e. The van der Waals surface area contributed by atoms with E-state index in [-0.39, 0.29) is 5.92 Å². The second kappa shape index (κ2) is 7.20. The molecule has 0 radical (unpaired) electrons. The molecule has 22 heavy (non-hydrogen) atoms. The van der Waals surface area contributed by atoms with Crippen molar-refractivity contribution in [2.24, 2.45) is 11.8 Å². The molecule has 0 spiro atoms. The quantitative estimate of drug-likeness (QED) is 0.914. The minimum atomic E-state index is 0.193. The fourth-order valence-corrected chi connectivity index (χ4v) is 3.88. The molecule has 0 saturated carbocycles. The second-order valence-electron chi connectivity index (χ2n) is 6.40. The van der Waals surface area contributed by atoms with Crippen LogP contribution in [0.1, 0.15) is 24.8 Å². The van der Waals surface area contributed by atoms with Gasteiger partial charge in [0.2, 0.25) is 5.91 Å². The SMILES string of the molecule is O=C(C1CCNC1)N1CCC(Cc2cc(Cl)ccc2Cl)CC1. The van der Waals surface area contributed by atoms with Gasteiger partial charge in [0, 0.05) is 29.7 Å². The molecule has 1 aromatic carbocycles. The molecule has 1 aromatic rings. The Morgan fingerprint density at radius 1 is 1.23 bits per heavy atom. The first-order valence-corrected chi connectivity index (χ1v) is 8.82. The molecule has 2 aliphatic heterocycles. The summed E-state index contributed by atoms with van der Waals surface area (Å²) >= 11 is 12.3. The fourth-order valence-electron chi connectivity index (χ4n) is 3.49. The van der Waals surface area contributed by atoms with Crippen molar-refractivity contribution in [2.75, 3.05) is 26.2 Å². The average Bonchev–Trinajstić information content (AvgIpc) is 3.05. The van der Waals surface area contributed by atoms with Crippen LogP contribution in [0.2, 0.25) is 10.0 Å². The summed E-state index contributed by atoms with van der Waals surface area (Å²) in [6.45, 7) is 3.56. The molecule has 2 heterocycles. The van der Waals surface area contributed by atoms with Gasteiger partial charge in [0.15, 0.2) is 0 Å². The first-order chi connectivity index (χ1) is 10.6. The summed E-state index contributed by atoms with van der Waals surface area (Å²) in [6.07, 6.45) is 4.03. The third kappa shape index (κ3) is 3.76. The van der Waals surface area contributed by atoms with Gasteiger partial charge in [-0.25, -0.2) is 0 Å². The number of amides is 1. The molecule has 2 aliphatic rings. The first-order valence-electron chi connectivity index (χ1n) is 8.07. The number of halogens is 2. The molecule has 1 N–H and O–H groups in total. The van der Waals surface area contributed by atoms with Crippen molar-refractivity contribution in [3.05, 3.63) is 33.8 Å². The number of rotatable bonds is 3. The Labute approximate surface area is 142 Å². The van der Waals surface area contributed by atoms with Crippen molar-refractivity contribution in [1.82, 2.24) is 10.2 Å². The van der Waals surface area contributed by atoms with Crippen LogP contribution in [0.25, 0.3) is 0 Å². The van der Waals surface area contributed by atoms with E-state index in [2.05, 4.69) is 5.32 Å². The summed E-state index contributed by atoms with van der Waals surface area (Å²) in [4.78, 5) is 14.5. The van der Waals surface area contributed by atoms with E-state index < -0.39 is 0 Å². The standard InChI is InChI=1S/C17H22Cl2N2O/c18-15-1-2-16(19)14(10-15)9-12-4-7-21(8-5-12)17(22)13-3-6-20-11-13/h1-2,10,12-13,20H,3-9,11H2. The number of benzene rings is 1. The van der Waals surface area contributed by atoms with E-state index in [0.29, 0.717) is 11.8 Å². The highest BCUT2D eigenvalue weighted by atomic mass is 35.5. The van der Waals surface area contributed by atoms with E-state index in [0.717, 1.165) is 67.5 Å². The van der Waals surface area contributed by atoms with Gasteiger partial charge in [-0.05, 0) is 61.9 Å². The monoisotopic (exact) mass is 340 g/mol. The fraction of sp³-hybridized carbons (Fsp3) is 0.588. The topological polar surface area (TPSA) is 32.3 Å². The zero-order chi connectivity index (χ0) is 15.5. The van der Waals surface area contributed by atoms with Crippen molar-refractivity contribution in [3.63, 3.8) is 0 Å².